The second-order valence-electron chi connectivity index (χ2n) is 7.49. The van der Waals surface area contributed by atoms with Crippen LogP contribution in [0.25, 0.3) is 0 Å². The highest BCUT2D eigenvalue weighted by Crippen LogP contribution is 2.36. The van der Waals surface area contributed by atoms with Gasteiger partial charge in [0.05, 0.1) is 10.6 Å². The van der Waals surface area contributed by atoms with Gasteiger partial charge in [-0.3, -0.25) is 9.52 Å². The molecule has 3 aliphatic heterocycles. The Labute approximate surface area is 181 Å². The molecule has 3 saturated heterocycles. The average Bonchev–Trinajstić information content (AvgIpc) is 3.18. The Kier molecular flexibility index (Phi) is 5.88. The van der Waals surface area contributed by atoms with Gasteiger partial charge in [-0.1, -0.05) is 23.5 Å². The molecule has 0 aliphatic carbocycles. The van der Waals surface area contributed by atoms with Gasteiger partial charge in [-0.15, -0.1) is 0 Å². The van der Waals surface area contributed by atoms with Crippen LogP contribution in [0.15, 0.2) is 36.4 Å². The highest BCUT2D eigenvalue weighted by molar-refractivity contribution is 7.93. The van der Waals surface area contributed by atoms with Gasteiger partial charge >= 0.3 is 15.5 Å². The molecule has 2 aromatic rings. The number of ether oxygens (including phenoxy) is 1. The number of sulfonamides is 1. The first-order valence-corrected chi connectivity index (χ1v) is 11.9. The van der Waals surface area contributed by atoms with E-state index in [4.69, 9.17) is 4.74 Å². The van der Waals surface area contributed by atoms with Gasteiger partial charge in [0.1, 0.15) is 0 Å². The molecule has 1 aromatic heterocycles. The molecule has 5 rings (SSSR count). The van der Waals surface area contributed by atoms with E-state index in [2.05, 4.69) is 10.2 Å². The van der Waals surface area contributed by atoms with E-state index in [0.717, 1.165) is 49.9 Å². The van der Waals surface area contributed by atoms with Crippen LogP contribution in [0.5, 0.6) is 10.8 Å². The number of nitrogens with one attached hydrogen (secondary N) is 2. The van der Waals surface area contributed by atoms with Gasteiger partial charge in [-0.2, -0.15) is 21.6 Å². The summed E-state index contributed by atoms with van der Waals surface area (Å²) in [6, 6.07) is 8.55. The molecule has 0 spiro atoms. The summed E-state index contributed by atoms with van der Waals surface area (Å²) in [7, 11) is -5.59. The maximum atomic E-state index is 12.7. The molecule has 0 radical (unpaired) electrons. The Morgan fingerprint density at radius 3 is 2.48 bits per heavy atom. The summed E-state index contributed by atoms with van der Waals surface area (Å²) in [6.07, 6.45) is 2.13. The molecule has 3 fully saturated rings. The number of para-hydroxylation sites is 2. The smallest absolute Gasteiger partial charge is 0.444 e. The number of carbonyl (C=O) groups is 1. The third-order valence-electron chi connectivity index (χ3n) is 5.42. The van der Waals surface area contributed by atoms with Crippen molar-refractivity contribution in [3.8, 4) is 10.8 Å². The Morgan fingerprint density at radius 2 is 1.84 bits per heavy atom. The number of carbonyl (C=O) groups excluding carboxylic acids is 1. The van der Waals surface area contributed by atoms with Crippen molar-refractivity contribution in [2.24, 2.45) is 5.92 Å². The van der Waals surface area contributed by atoms with Crippen LogP contribution < -0.4 is 14.8 Å². The highest BCUT2D eigenvalue weighted by atomic mass is 32.2. The van der Waals surface area contributed by atoms with Crippen LogP contribution in [-0.2, 0) is 10.0 Å². The third-order valence-corrected chi connectivity index (χ3v) is 7.48. The first kappa shape index (κ1) is 21.9. The van der Waals surface area contributed by atoms with E-state index >= 15 is 0 Å². The Morgan fingerprint density at radius 1 is 1.13 bits per heavy atom. The number of nitrogens with zero attached hydrogens (tertiary/aromatic N) is 1. The normalized spacial score (nSPS) is 23.4. The summed E-state index contributed by atoms with van der Waals surface area (Å²) in [5.74, 6) is 0.129. The molecule has 4 heterocycles. The molecule has 31 heavy (non-hydrogen) atoms. The summed E-state index contributed by atoms with van der Waals surface area (Å²) >= 11 is 1.03. The summed E-state index contributed by atoms with van der Waals surface area (Å²) < 4.78 is 67.9. The van der Waals surface area contributed by atoms with Crippen LogP contribution in [0, 0.1) is 5.92 Å². The van der Waals surface area contributed by atoms with Crippen molar-refractivity contribution in [3.05, 3.63) is 41.3 Å². The maximum absolute atomic E-state index is 12.7. The summed E-state index contributed by atoms with van der Waals surface area (Å²) in [5.41, 5.74) is -5.81. The van der Waals surface area contributed by atoms with Gasteiger partial charge in [0.15, 0.2) is 10.8 Å². The number of amides is 1. The predicted molar refractivity (Wildman–Crippen MR) is 110 cm³/mol. The number of alkyl halides is 3. The molecule has 0 unspecified atom stereocenters. The van der Waals surface area contributed by atoms with Crippen molar-refractivity contribution in [1.29, 1.82) is 0 Å². The largest absolute Gasteiger partial charge is 0.516 e. The number of rotatable bonds is 6. The van der Waals surface area contributed by atoms with Gasteiger partial charge in [0.25, 0.3) is 5.91 Å². The summed E-state index contributed by atoms with van der Waals surface area (Å²) in [5, 5.41) is 3.31. The first-order valence-electron chi connectivity index (χ1n) is 9.61. The molecule has 2 N–H and O–H groups in total. The summed E-state index contributed by atoms with van der Waals surface area (Å²) in [4.78, 5) is 15.4. The number of anilines is 1. The van der Waals surface area contributed by atoms with E-state index in [9.17, 15) is 26.4 Å². The SMILES string of the molecule is O=C(N[C@H]1CN2CCC1CC2)c1ccc(Oc2ccccc2NS(=O)(=O)C(F)(F)F)s1. The van der Waals surface area contributed by atoms with Crippen LogP contribution in [-0.4, -0.2) is 50.4 Å². The molecule has 1 amide bonds. The monoisotopic (exact) mass is 475 g/mol. The van der Waals surface area contributed by atoms with E-state index in [0.29, 0.717) is 10.8 Å². The van der Waals surface area contributed by atoms with Gasteiger partial charge < -0.3 is 15.0 Å². The zero-order valence-corrected chi connectivity index (χ0v) is 17.8. The van der Waals surface area contributed by atoms with Crippen molar-refractivity contribution >= 4 is 33.0 Å². The molecule has 3 aliphatic rings. The van der Waals surface area contributed by atoms with E-state index in [-0.39, 0.29) is 28.4 Å². The minimum Gasteiger partial charge on any atom is -0.444 e. The topological polar surface area (TPSA) is 87.7 Å². The molecule has 1 atom stereocenters. The van der Waals surface area contributed by atoms with E-state index in [1.54, 1.807) is 6.07 Å². The fraction of sp³-hybridized carbons (Fsp3) is 0.421. The fourth-order valence-corrected chi connectivity index (χ4v) is 5.16. The standard InChI is InChI=1S/C19H20F3N3O4S2/c20-19(21,22)31(27,28)24-13-3-1-2-4-15(13)29-17-6-5-16(30-17)18(26)23-14-11-25-9-7-12(14)8-10-25/h1-6,12,14,24H,7-11H2,(H,23,26)/t14-/m0/s1. The predicted octanol–water partition coefficient (Wildman–Crippen LogP) is 3.63. The van der Waals surface area contributed by atoms with E-state index in [1.807, 2.05) is 0 Å². The summed E-state index contributed by atoms with van der Waals surface area (Å²) in [6.45, 7) is 2.95. The number of halogens is 3. The van der Waals surface area contributed by atoms with E-state index in [1.165, 1.54) is 29.0 Å². The number of thiophene rings is 1. The molecule has 1 aromatic carbocycles. The molecule has 168 valence electrons. The molecule has 0 saturated carbocycles. The Bertz CT molecular complexity index is 1060. The van der Waals surface area contributed by atoms with Crippen molar-refractivity contribution < 1.29 is 31.1 Å². The van der Waals surface area contributed by atoms with Gasteiger partial charge in [-0.25, -0.2) is 0 Å². The Hall–Kier alpha value is -2.31. The number of benzene rings is 1. The molecular formula is C19H20F3N3O4S2. The molecule has 2 bridgehead atoms. The second kappa shape index (κ2) is 8.32. The second-order valence-corrected chi connectivity index (χ2v) is 10.2. The van der Waals surface area contributed by atoms with Crippen molar-refractivity contribution in [2.75, 3.05) is 24.4 Å². The van der Waals surface area contributed by atoms with Gasteiger partial charge in [0, 0.05) is 12.6 Å². The minimum atomic E-state index is -5.59. The lowest BCUT2D eigenvalue weighted by atomic mass is 9.84. The van der Waals surface area contributed by atoms with Crippen molar-refractivity contribution in [1.82, 2.24) is 10.2 Å². The Balaban J connectivity index is 1.44. The van der Waals surface area contributed by atoms with Crippen molar-refractivity contribution in [2.45, 2.75) is 24.4 Å². The average molecular weight is 476 g/mol. The quantitative estimate of drug-likeness (QED) is 0.666. The zero-order valence-electron chi connectivity index (χ0n) is 16.2. The van der Waals surface area contributed by atoms with Gasteiger partial charge in [-0.05, 0) is 56.1 Å². The number of hydrogen-bond acceptors (Lipinski definition) is 6. The molecule has 12 heteroatoms. The first-order chi connectivity index (χ1) is 14.6. The van der Waals surface area contributed by atoms with Crippen LogP contribution in [0.1, 0.15) is 22.5 Å². The molecule has 7 nitrogen and oxygen atoms in total. The zero-order chi connectivity index (χ0) is 22.2. The lowest BCUT2D eigenvalue weighted by Crippen LogP contribution is -2.57. The minimum absolute atomic E-state index is 0.0963. The third kappa shape index (κ3) is 4.80. The fourth-order valence-electron chi connectivity index (χ4n) is 3.82. The van der Waals surface area contributed by atoms with Crippen molar-refractivity contribution in [3.63, 3.8) is 0 Å². The number of fused-ring (bicyclic) bond motifs is 3. The van der Waals surface area contributed by atoms with E-state index < -0.39 is 15.5 Å². The molecular weight excluding hydrogens is 455 g/mol. The lowest BCUT2D eigenvalue weighted by Gasteiger charge is -2.44. The number of piperidine rings is 3. The highest BCUT2D eigenvalue weighted by Gasteiger charge is 2.46. The maximum Gasteiger partial charge on any atom is 0.516 e. The van der Waals surface area contributed by atoms with Crippen LogP contribution >= 0.6 is 11.3 Å². The lowest BCUT2D eigenvalue weighted by molar-refractivity contribution is -0.0429. The van der Waals surface area contributed by atoms with Crippen LogP contribution in [0.2, 0.25) is 0 Å². The number of hydrogen-bond donors (Lipinski definition) is 2. The van der Waals surface area contributed by atoms with Crippen LogP contribution in [0.4, 0.5) is 18.9 Å². The van der Waals surface area contributed by atoms with Gasteiger partial charge in [0.2, 0.25) is 0 Å². The van der Waals surface area contributed by atoms with Crippen LogP contribution in [0.3, 0.4) is 0 Å².